The van der Waals surface area contributed by atoms with Gasteiger partial charge >= 0.3 is 0 Å². The largest absolute Gasteiger partial charge is 0.192 e. The zero-order valence-corrected chi connectivity index (χ0v) is 19.5. The molecule has 0 amide bonds. The molecule has 0 aliphatic heterocycles. The zero-order valence-electron chi connectivity index (χ0n) is 19.5. The summed E-state index contributed by atoms with van der Waals surface area (Å²) >= 11 is 0. The van der Waals surface area contributed by atoms with Gasteiger partial charge in [-0.15, -0.1) is 0 Å². The Balaban J connectivity index is 1.21. The molecule has 8 atom stereocenters. The van der Waals surface area contributed by atoms with Crippen molar-refractivity contribution < 1.29 is 0 Å². The van der Waals surface area contributed by atoms with Crippen LogP contribution in [0, 0.1) is 110 Å². The lowest BCUT2D eigenvalue weighted by Gasteiger charge is -2.92. The van der Waals surface area contributed by atoms with Crippen molar-refractivity contribution in [3.63, 3.8) is 0 Å². The van der Waals surface area contributed by atoms with E-state index in [0.717, 1.165) is 76.1 Å². The topological polar surface area (TPSA) is 71.4 Å². The summed E-state index contributed by atoms with van der Waals surface area (Å²) < 4.78 is 0. The fourth-order valence-electron chi connectivity index (χ4n) is 15.3. The highest BCUT2D eigenvalue weighted by Crippen LogP contribution is 2.93. The van der Waals surface area contributed by atoms with Crippen molar-refractivity contribution in [2.45, 2.75) is 56.8 Å². The van der Waals surface area contributed by atoms with Gasteiger partial charge in [-0.05, 0) is 144 Å². The Morgan fingerprint density at radius 1 is 0.618 bits per heavy atom. The number of nitrogens with zero attached hydrogens (tertiary/aromatic N) is 3. The van der Waals surface area contributed by atoms with Gasteiger partial charge in [-0.1, -0.05) is 6.07 Å². The summed E-state index contributed by atoms with van der Waals surface area (Å²) in [4.78, 5) is 0. The summed E-state index contributed by atoms with van der Waals surface area (Å²) in [5.41, 5.74) is 3.71. The molecular formula is C31H29N3. The first-order valence-electron chi connectivity index (χ1n) is 14.0. The number of hydrogen-bond donors (Lipinski definition) is 0. The second-order valence-electron chi connectivity index (χ2n) is 14.6. The Morgan fingerprint density at radius 2 is 1.24 bits per heavy atom. The van der Waals surface area contributed by atoms with Crippen LogP contribution in [0.5, 0.6) is 0 Å². The van der Waals surface area contributed by atoms with Gasteiger partial charge in [0.25, 0.3) is 0 Å². The average Bonchev–Trinajstić information content (AvgIpc) is 2.85. The molecule has 2 spiro atoms. The smallest absolute Gasteiger partial charge is 0.102 e. The van der Waals surface area contributed by atoms with Crippen LogP contribution < -0.4 is 0 Å². The molecule has 13 fully saturated rings. The molecule has 1 aromatic rings. The molecule has 34 heavy (non-hydrogen) atoms. The van der Waals surface area contributed by atoms with Crippen LogP contribution in [0.3, 0.4) is 0 Å². The Kier molecular flexibility index (Phi) is 2.64. The summed E-state index contributed by atoms with van der Waals surface area (Å²) in [6.07, 6.45) is 11.5. The SMILES string of the molecule is N#Cc1ccc(C23CC4C5CC67CC8CC9C%10CC(C2)(C4C96)C(C5C3)C7C%10C8)c(C#N)c1C#N. The van der Waals surface area contributed by atoms with E-state index in [9.17, 15) is 15.8 Å². The van der Waals surface area contributed by atoms with Crippen LogP contribution in [0.2, 0.25) is 0 Å². The van der Waals surface area contributed by atoms with E-state index in [1.165, 1.54) is 25.7 Å². The monoisotopic (exact) mass is 443 g/mol. The maximum Gasteiger partial charge on any atom is 0.102 e. The van der Waals surface area contributed by atoms with Crippen molar-refractivity contribution >= 4 is 0 Å². The molecule has 14 bridgehead atoms. The molecular weight excluding hydrogens is 414 g/mol. The van der Waals surface area contributed by atoms with Crippen LogP contribution in [0.1, 0.15) is 73.6 Å². The second kappa shape index (κ2) is 4.98. The van der Waals surface area contributed by atoms with Crippen LogP contribution >= 0.6 is 0 Å². The van der Waals surface area contributed by atoms with Gasteiger partial charge in [0.2, 0.25) is 0 Å². The molecule has 168 valence electrons. The van der Waals surface area contributed by atoms with E-state index in [2.05, 4.69) is 24.3 Å². The Morgan fingerprint density at radius 3 is 1.88 bits per heavy atom. The predicted molar refractivity (Wildman–Crippen MR) is 122 cm³/mol. The summed E-state index contributed by atoms with van der Waals surface area (Å²) in [6, 6.07) is 10.8. The maximum atomic E-state index is 10.2. The van der Waals surface area contributed by atoms with Crippen LogP contribution in [-0.4, -0.2) is 0 Å². The Labute approximate surface area is 201 Å². The lowest BCUT2D eigenvalue weighted by atomic mass is 9.12. The maximum absolute atomic E-state index is 10.2. The molecule has 0 heterocycles. The van der Waals surface area contributed by atoms with Crippen LogP contribution in [0.15, 0.2) is 12.1 Å². The summed E-state index contributed by atoms with van der Waals surface area (Å²) in [7, 11) is 0. The van der Waals surface area contributed by atoms with Crippen molar-refractivity contribution in [3.8, 4) is 18.2 Å². The van der Waals surface area contributed by atoms with Crippen LogP contribution in [0.25, 0.3) is 0 Å². The van der Waals surface area contributed by atoms with Crippen molar-refractivity contribution in [2.75, 3.05) is 0 Å². The molecule has 0 saturated heterocycles. The van der Waals surface area contributed by atoms with Gasteiger partial charge in [-0.3, -0.25) is 0 Å². The standard InChI is InChI=1S/C31H29N3/c32-10-15-1-2-24(23(12-34)22(15)11-33)29-6-20-19-8-30-5-14-3-16-18-9-31(13-29,27(20)25(16)30)28(21(19)7-29)26(30)17(18)4-14/h1-2,14,16-21,25-28H,3-9,13H2. The van der Waals surface area contributed by atoms with Gasteiger partial charge in [0.15, 0.2) is 0 Å². The van der Waals surface area contributed by atoms with Gasteiger partial charge in [-0.25, -0.2) is 0 Å². The molecule has 13 aliphatic carbocycles. The molecule has 13 saturated carbocycles. The Bertz CT molecular complexity index is 1330. The third-order valence-electron chi connectivity index (χ3n) is 14.6. The van der Waals surface area contributed by atoms with E-state index in [-0.39, 0.29) is 5.41 Å². The Hall–Kier alpha value is -2.31. The number of nitriles is 3. The molecule has 3 nitrogen and oxygen atoms in total. The first-order chi connectivity index (χ1) is 16.6. The van der Waals surface area contributed by atoms with Gasteiger partial charge in [-0.2, -0.15) is 15.8 Å². The molecule has 3 heteroatoms. The predicted octanol–water partition coefficient (Wildman–Crippen LogP) is 5.53. The fraction of sp³-hybridized carbons (Fsp3) is 0.710. The van der Waals surface area contributed by atoms with Gasteiger partial charge in [0.1, 0.15) is 18.2 Å². The highest BCUT2D eigenvalue weighted by molar-refractivity contribution is 5.61. The quantitative estimate of drug-likeness (QED) is 0.573. The van der Waals surface area contributed by atoms with Crippen molar-refractivity contribution in [2.24, 2.45) is 75.9 Å². The van der Waals surface area contributed by atoms with Crippen LogP contribution in [0.4, 0.5) is 0 Å². The minimum atomic E-state index is 0.0664. The highest BCUT2D eigenvalue weighted by atomic mass is 14.9. The van der Waals surface area contributed by atoms with E-state index in [1.807, 2.05) is 6.07 Å². The second-order valence-corrected chi connectivity index (χ2v) is 14.6. The summed E-state index contributed by atoms with van der Waals surface area (Å²) in [5.74, 6) is 10.8. The van der Waals surface area contributed by atoms with E-state index in [1.54, 1.807) is 25.7 Å². The molecule has 0 N–H and O–H groups in total. The van der Waals surface area contributed by atoms with Crippen molar-refractivity contribution in [1.82, 2.24) is 0 Å². The molecule has 8 unspecified atom stereocenters. The highest BCUT2D eigenvalue weighted by Gasteiger charge is 2.88. The zero-order chi connectivity index (χ0) is 22.4. The summed E-state index contributed by atoms with van der Waals surface area (Å²) in [5, 5.41) is 29.7. The lowest BCUT2D eigenvalue weighted by molar-refractivity contribution is -0.434. The molecule has 13 aliphatic rings. The number of rotatable bonds is 1. The molecule has 0 radical (unpaired) electrons. The van der Waals surface area contributed by atoms with E-state index < -0.39 is 0 Å². The van der Waals surface area contributed by atoms with Crippen molar-refractivity contribution in [3.05, 3.63) is 34.4 Å². The minimum Gasteiger partial charge on any atom is -0.192 e. The molecule has 0 aromatic heterocycles. The third kappa shape index (κ3) is 1.45. The minimum absolute atomic E-state index is 0.0664. The summed E-state index contributed by atoms with van der Waals surface area (Å²) in [6.45, 7) is 0. The van der Waals surface area contributed by atoms with Crippen LogP contribution in [-0.2, 0) is 5.41 Å². The van der Waals surface area contributed by atoms with Crippen molar-refractivity contribution in [1.29, 1.82) is 15.8 Å². The third-order valence-corrected chi connectivity index (χ3v) is 14.6. The normalized spacial score (nSPS) is 60.6. The number of hydrogen-bond acceptors (Lipinski definition) is 3. The van der Waals surface area contributed by atoms with E-state index >= 15 is 0 Å². The molecule has 1 aromatic carbocycles. The fourth-order valence-corrected chi connectivity index (χ4v) is 15.3. The first-order valence-corrected chi connectivity index (χ1v) is 14.0. The number of benzene rings is 1. The van der Waals surface area contributed by atoms with Gasteiger partial charge < -0.3 is 0 Å². The average molecular weight is 444 g/mol. The first kappa shape index (κ1) is 18.0. The van der Waals surface area contributed by atoms with Gasteiger partial charge in [0.05, 0.1) is 16.7 Å². The lowest BCUT2D eigenvalue weighted by Crippen LogP contribution is -2.86. The van der Waals surface area contributed by atoms with E-state index in [4.69, 9.17) is 0 Å². The van der Waals surface area contributed by atoms with E-state index in [0.29, 0.717) is 22.1 Å². The molecule has 14 rings (SSSR count). The van der Waals surface area contributed by atoms with Gasteiger partial charge in [0, 0.05) is 0 Å².